The lowest BCUT2D eigenvalue weighted by molar-refractivity contribution is 0.213. The van der Waals surface area contributed by atoms with Crippen LogP contribution in [0.15, 0.2) is 36.4 Å². The monoisotopic (exact) mass is 422 g/mol. The van der Waals surface area contributed by atoms with E-state index in [4.69, 9.17) is 14.5 Å². The predicted octanol–water partition coefficient (Wildman–Crippen LogP) is 2.53. The third kappa shape index (κ3) is 3.86. The van der Waals surface area contributed by atoms with Gasteiger partial charge in [-0.15, -0.1) is 0 Å². The first-order valence-corrected chi connectivity index (χ1v) is 10.5. The Labute approximate surface area is 180 Å². The molecule has 3 aromatic heterocycles. The van der Waals surface area contributed by atoms with Crippen LogP contribution in [0.25, 0.3) is 11.0 Å². The molecule has 1 aliphatic heterocycles. The zero-order valence-electron chi connectivity index (χ0n) is 17.9. The van der Waals surface area contributed by atoms with E-state index in [2.05, 4.69) is 25.8 Å². The van der Waals surface area contributed by atoms with Gasteiger partial charge in [0.15, 0.2) is 11.5 Å². The highest BCUT2D eigenvalue weighted by Crippen LogP contribution is 2.32. The van der Waals surface area contributed by atoms with Crippen LogP contribution in [0.2, 0.25) is 0 Å². The largest absolute Gasteiger partial charge is 0.489 e. The predicted molar refractivity (Wildman–Crippen MR) is 115 cm³/mol. The van der Waals surface area contributed by atoms with Crippen molar-refractivity contribution in [3.8, 4) is 11.6 Å². The van der Waals surface area contributed by atoms with E-state index in [1.807, 2.05) is 37.4 Å². The van der Waals surface area contributed by atoms with Crippen molar-refractivity contribution < 1.29 is 9.47 Å². The van der Waals surface area contributed by atoms with Gasteiger partial charge in [0, 0.05) is 32.4 Å². The number of hydrogen-bond acceptors (Lipinski definition) is 9. The van der Waals surface area contributed by atoms with Crippen LogP contribution in [0.3, 0.4) is 0 Å². The molecule has 1 saturated carbocycles. The molecule has 0 radical (unpaired) electrons. The molecule has 31 heavy (non-hydrogen) atoms. The van der Waals surface area contributed by atoms with E-state index in [1.54, 1.807) is 24.1 Å². The van der Waals surface area contributed by atoms with Crippen LogP contribution in [-0.2, 0) is 7.05 Å². The molecule has 1 atom stereocenters. The van der Waals surface area contributed by atoms with Gasteiger partial charge in [-0.25, -0.2) is 15.4 Å². The SMILES string of the molecule is COc1ccnc(C2C=C(Nc3cc(OC4CCCC4)c4cnn(C)c4n3)N(C)N2)n1. The molecule has 1 fully saturated rings. The maximum absolute atomic E-state index is 6.33. The molecule has 10 nitrogen and oxygen atoms in total. The molecule has 2 aliphatic rings. The fraction of sp³-hybridized carbons (Fsp3) is 0.429. The number of aryl methyl sites for hydroxylation is 1. The van der Waals surface area contributed by atoms with Gasteiger partial charge in [0.05, 0.1) is 24.8 Å². The molecule has 2 N–H and O–H groups in total. The first-order chi connectivity index (χ1) is 15.1. The summed E-state index contributed by atoms with van der Waals surface area (Å²) in [4.78, 5) is 13.5. The minimum atomic E-state index is -0.183. The highest BCUT2D eigenvalue weighted by Gasteiger charge is 2.25. The Bertz CT molecular complexity index is 1120. The number of nitrogens with one attached hydrogen (secondary N) is 2. The Morgan fingerprint density at radius 3 is 2.84 bits per heavy atom. The summed E-state index contributed by atoms with van der Waals surface area (Å²) in [6.07, 6.45) is 10.4. The molecule has 162 valence electrons. The average molecular weight is 422 g/mol. The fourth-order valence-corrected chi connectivity index (χ4v) is 4.03. The number of hydrogen-bond donors (Lipinski definition) is 2. The molecule has 0 amide bonds. The summed E-state index contributed by atoms with van der Waals surface area (Å²) in [6, 6.07) is 3.49. The third-order valence-corrected chi connectivity index (χ3v) is 5.67. The number of ether oxygens (including phenoxy) is 2. The van der Waals surface area contributed by atoms with Crippen LogP contribution in [0.1, 0.15) is 37.5 Å². The smallest absolute Gasteiger partial charge is 0.216 e. The topological polar surface area (TPSA) is 102 Å². The molecule has 0 spiro atoms. The molecular formula is C21H26N8O2. The van der Waals surface area contributed by atoms with Gasteiger partial charge in [0.1, 0.15) is 23.4 Å². The van der Waals surface area contributed by atoms with Crippen LogP contribution < -0.4 is 20.2 Å². The van der Waals surface area contributed by atoms with E-state index in [-0.39, 0.29) is 12.1 Å². The number of hydrazine groups is 1. The number of anilines is 1. The number of rotatable bonds is 6. The first-order valence-electron chi connectivity index (χ1n) is 10.5. The summed E-state index contributed by atoms with van der Waals surface area (Å²) in [7, 11) is 5.41. The lowest BCUT2D eigenvalue weighted by atomic mass is 10.2. The third-order valence-electron chi connectivity index (χ3n) is 5.67. The number of pyridine rings is 1. The van der Waals surface area contributed by atoms with Crippen molar-refractivity contribution in [3.05, 3.63) is 42.2 Å². The molecule has 0 aromatic carbocycles. The van der Waals surface area contributed by atoms with Crippen LogP contribution in [0.5, 0.6) is 11.6 Å². The minimum absolute atomic E-state index is 0.183. The van der Waals surface area contributed by atoms with E-state index >= 15 is 0 Å². The molecule has 3 aromatic rings. The summed E-state index contributed by atoms with van der Waals surface area (Å²) in [6.45, 7) is 0. The molecule has 1 unspecified atom stereocenters. The van der Waals surface area contributed by atoms with Gasteiger partial charge in [-0.05, 0) is 31.8 Å². The minimum Gasteiger partial charge on any atom is -0.489 e. The van der Waals surface area contributed by atoms with Crippen molar-refractivity contribution in [2.24, 2.45) is 7.05 Å². The zero-order valence-corrected chi connectivity index (χ0v) is 17.9. The lowest BCUT2D eigenvalue weighted by Gasteiger charge is -2.20. The second kappa shape index (κ2) is 8.03. The number of nitrogens with zero attached hydrogens (tertiary/aromatic N) is 6. The number of aromatic nitrogens is 5. The summed E-state index contributed by atoms with van der Waals surface area (Å²) in [5.74, 6) is 3.51. The lowest BCUT2D eigenvalue weighted by Crippen LogP contribution is -2.32. The Morgan fingerprint density at radius 2 is 2.03 bits per heavy atom. The maximum atomic E-state index is 6.33. The van der Waals surface area contributed by atoms with Gasteiger partial charge < -0.3 is 14.8 Å². The molecule has 4 heterocycles. The fourth-order valence-electron chi connectivity index (χ4n) is 4.03. The highest BCUT2D eigenvalue weighted by atomic mass is 16.5. The normalized spacial score (nSPS) is 19.1. The molecular weight excluding hydrogens is 396 g/mol. The van der Waals surface area contributed by atoms with E-state index < -0.39 is 0 Å². The van der Waals surface area contributed by atoms with E-state index in [0.717, 1.165) is 35.4 Å². The van der Waals surface area contributed by atoms with Gasteiger partial charge in [-0.1, -0.05) is 0 Å². The molecule has 10 heteroatoms. The van der Waals surface area contributed by atoms with E-state index in [0.29, 0.717) is 17.5 Å². The van der Waals surface area contributed by atoms with E-state index in [1.165, 1.54) is 12.8 Å². The second-order valence-electron chi connectivity index (χ2n) is 7.84. The van der Waals surface area contributed by atoms with Gasteiger partial charge >= 0.3 is 0 Å². The number of fused-ring (bicyclic) bond motifs is 1. The Balaban J connectivity index is 1.43. The van der Waals surface area contributed by atoms with Gasteiger partial charge in [0.2, 0.25) is 5.88 Å². The van der Waals surface area contributed by atoms with Crippen LogP contribution in [0.4, 0.5) is 5.82 Å². The summed E-state index contributed by atoms with van der Waals surface area (Å²) >= 11 is 0. The van der Waals surface area contributed by atoms with Crippen molar-refractivity contribution in [1.29, 1.82) is 0 Å². The van der Waals surface area contributed by atoms with Crippen molar-refractivity contribution in [2.75, 3.05) is 19.5 Å². The summed E-state index contributed by atoms with van der Waals surface area (Å²) in [5, 5.41) is 10.6. The van der Waals surface area contributed by atoms with Crippen LogP contribution in [-0.4, -0.2) is 50.0 Å². The standard InChI is InChI=1S/C21H26N8O2/c1-28-18(10-15(27-28)20-22-9-8-19(26-20)30-3)24-17-11-16(31-13-6-4-5-7-13)14-12-23-29(2)21(14)25-17/h8-13,15,27H,4-7H2,1-3H3,(H,24,25). The maximum Gasteiger partial charge on any atom is 0.216 e. The quantitative estimate of drug-likeness (QED) is 0.620. The molecule has 1 aliphatic carbocycles. The first kappa shape index (κ1) is 19.6. The summed E-state index contributed by atoms with van der Waals surface area (Å²) in [5.41, 5.74) is 4.11. The molecule has 0 bridgehead atoms. The molecule has 5 rings (SSSR count). The second-order valence-corrected chi connectivity index (χ2v) is 7.84. The van der Waals surface area contributed by atoms with Crippen molar-refractivity contribution in [3.63, 3.8) is 0 Å². The zero-order chi connectivity index (χ0) is 21.4. The highest BCUT2D eigenvalue weighted by molar-refractivity contribution is 5.84. The van der Waals surface area contributed by atoms with Crippen LogP contribution in [0, 0.1) is 0 Å². The molecule has 0 saturated heterocycles. The number of methoxy groups -OCH3 is 1. The Morgan fingerprint density at radius 1 is 1.19 bits per heavy atom. The van der Waals surface area contributed by atoms with Crippen LogP contribution >= 0.6 is 0 Å². The Kier molecular flexibility index (Phi) is 5.06. The van der Waals surface area contributed by atoms with E-state index in [9.17, 15) is 0 Å². The van der Waals surface area contributed by atoms with Gasteiger partial charge in [0.25, 0.3) is 0 Å². The van der Waals surface area contributed by atoms with Gasteiger partial charge in [-0.2, -0.15) is 10.1 Å². The van der Waals surface area contributed by atoms with Crippen molar-refractivity contribution in [1.82, 2.24) is 35.2 Å². The van der Waals surface area contributed by atoms with Gasteiger partial charge in [-0.3, -0.25) is 9.69 Å². The average Bonchev–Trinajstić information content (AvgIpc) is 3.51. The Hall–Kier alpha value is -3.40. The summed E-state index contributed by atoms with van der Waals surface area (Å²) < 4.78 is 13.3. The van der Waals surface area contributed by atoms with Crippen molar-refractivity contribution >= 4 is 16.9 Å². The van der Waals surface area contributed by atoms with Crippen molar-refractivity contribution in [2.45, 2.75) is 37.8 Å².